The third kappa shape index (κ3) is 13.0. The first kappa shape index (κ1) is 24.1. The number of esters is 1. The lowest BCUT2D eigenvalue weighted by Crippen LogP contribution is -2.21. The number of aliphatic hydroxyl groups is 3. The Balaban J connectivity index is 1.90. The summed E-state index contributed by atoms with van der Waals surface area (Å²) in [5.41, 5.74) is 0. The summed E-state index contributed by atoms with van der Waals surface area (Å²) in [5.74, 6) is -0.319. The molecular formula is C21H38O6. The third-order valence-corrected chi connectivity index (χ3v) is 4.77. The molecule has 6 nitrogen and oxygen atoms in total. The number of ether oxygens (including phenoxy) is 2. The zero-order valence-electron chi connectivity index (χ0n) is 16.7. The molecular weight excluding hydrogens is 348 g/mol. The van der Waals surface area contributed by atoms with Crippen LogP contribution in [0.2, 0.25) is 0 Å². The summed E-state index contributed by atoms with van der Waals surface area (Å²) in [4.78, 5) is 11.4. The molecule has 3 N–H and O–H groups in total. The summed E-state index contributed by atoms with van der Waals surface area (Å²) in [6, 6.07) is 0. The average molecular weight is 387 g/mol. The van der Waals surface area contributed by atoms with E-state index in [2.05, 4.69) is 6.92 Å². The van der Waals surface area contributed by atoms with E-state index in [1.807, 2.05) is 12.2 Å². The Morgan fingerprint density at radius 2 is 1.85 bits per heavy atom. The van der Waals surface area contributed by atoms with Crippen LogP contribution in [-0.2, 0) is 14.3 Å². The van der Waals surface area contributed by atoms with Gasteiger partial charge < -0.3 is 24.8 Å². The number of aliphatic hydroxyl groups excluding tert-OH is 3. The summed E-state index contributed by atoms with van der Waals surface area (Å²) < 4.78 is 10.5. The van der Waals surface area contributed by atoms with Crippen molar-refractivity contribution >= 4 is 5.97 Å². The van der Waals surface area contributed by atoms with E-state index >= 15 is 0 Å². The molecule has 1 aliphatic rings. The fraction of sp³-hybridized carbons (Fsp3) is 0.857. The summed E-state index contributed by atoms with van der Waals surface area (Å²) in [7, 11) is 0. The Bertz CT molecular complexity index is 411. The first-order chi connectivity index (χ1) is 13.1. The number of rotatable bonds is 17. The number of hydrogen-bond donors (Lipinski definition) is 3. The van der Waals surface area contributed by atoms with Crippen molar-refractivity contribution < 1.29 is 29.6 Å². The molecule has 4 atom stereocenters. The van der Waals surface area contributed by atoms with Crippen molar-refractivity contribution in [2.24, 2.45) is 0 Å². The van der Waals surface area contributed by atoms with Crippen molar-refractivity contribution in [3.8, 4) is 0 Å². The molecule has 0 bridgehead atoms. The SMILES string of the molecule is CCCCCC(O)/C=C/C1OC1CCCCCCCC(=O)OCC(O)CO. The molecule has 6 heteroatoms. The molecule has 0 spiro atoms. The van der Waals surface area contributed by atoms with Crippen LogP contribution in [0.4, 0.5) is 0 Å². The Labute approximate surface area is 163 Å². The molecule has 0 radical (unpaired) electrons. The van der Waals surface area contributed by atoms with Crippen LogP contribution in [0, 0.1) is 0 Å². The van der Waals surface area contributed by atoms with Crippen molar-refractivity contribution in [3.05, 3.63) is 12.2 Å². The lowest BCUT2D eigenvalue weighted by molar-refractivity contribution is -0.147. The van der Waals surface area contributed by atoms with Crippen LogP contribution in [0.1, 0.15) is 77.6 Å². The van der Waals surface area contributed by atoms with E-state index in [0.717, 1.165) is 51.4 Å². The lowest BCUT2D eigenvalue weighted by atomic mass is 10.1. The van der Waals surface area contributed by atoms with Crippen LogP contribution in [-0.4, -0.2) is 58.9 Å². The fourth-order valence-electron chi connectivity index (χ4n) is 2.95. The van der Waals surface area contributed by atoms with E-state index in [4.69, 9.17) is 19.7 Å². The smallest absolute Gasteiger partial charge is 0.305 e. The molecule has 0 amide bonds. The fourth-order valence-corrected chi connectivity index (χ4v) is 2.95. The highest BCUT2D eigenvalue weighted by atomic mass is 16.6. The van der Waals surface area contributed by atoms with Gasteiger partial charge in [-0.05, 0) is 19.3 Å². The number of carbonyl (C=O) groups is 1. The van der Waals surface area contributed by atoms with E-state index in [-0.39, 0.29) is 24.8 Å². The van der Waals surface area contributed by atoms with Gasteiger partial charge in [0, 0.05) is 6.42 Å². The molecule has 0 aliphatic carbocycles. The molecule has 4 unspecified atom stereocenters. The van der Waals surface area contributed by atoms with Gasteiger partial charge in [0.2, 0.25) is 0 Å². The number of carbonyl (C=O) groups excluding carboxylic acids is 1. The summed E-state index contributed by atoms with van der Waals surface area (Å²) in [6.07, 6.45) is 13.7. The van der Waals surface area contributed by atoms with Gasteiger partial charge in [-0.3, -0.25) is 4.79 Å². The van der Waals surface area contributed by atoms with E-state index in [1.165, 1.54) is 12.8 Å². The summed E-state index contributed by atoms with van der Waals surface area (Å²) in [6.45, 7) is 1.63. The minimum Gasteiger partial charge on any atom is -0.463 e. The van der Waals surface area contributed by atoms with E-state index in [0.29, 0.717) is 12.5 Å². The van der Waals surface area contributed by atoms with Crippen molar-refractivity contribution in [1.82, 2.24) is 0 Å². The third-order valence-electron chi connectivity index (χ3n) is 4.77. The zero-order valence-corrected chi connectivity index (χ0v) is 16.7. The Morgan fingerprint density at radius 3 is 2.59 bits per heavy atom. The number of epoxide rings is 1. The molecule has 1 rings (SSSR count). The molecule has 1 heterocycles. The summed E-state index contributed by atoms with van der Waals surface area (Å²) >= 11 is 0. The zero-order chi connectivity index (χ0) is 19.9. The second-order valence-corrected chi connectivity index (χ2v) is 7.41. The largest absolute Gasteiger partial charge is 0.463 e. The van der Waals surface area contributed by atoms with Crippen LogP contribution in [0.5, 0.6) is 0 Å². The monoisotopic (exact) mass is 386 g/mol. The van der Waals surface area contributed by atoms with Crippen molar-refractivity contribution in [2.75, 3.05) is 13.2 Å². The normalized spacial score (nSPS) is 21.3. The number of hydrogen-bond acceptors (Lipinski definition) is 6. The molecule has 0 aromatic heterocycles. The molecule has 0 aromatic carbocycles. The minimum atomic E-state index is -0.985. The predicted molar refractivity (Wildman–Crippen MR) is 104 cm³/mol. The minimum absolute atomic E-state index is 0.137. The Morgan fingerprint density at radius 1 is 1.11 bits per heavy atom. The standard InChI is InChI=1S/C21H38O6/c1-2-3-7-10-17(23)13-14-20-19(27-20)11-8-5-4-6-9-12-21(25)26-16-18(24)15-22/h13-14,17-20,22-24H,2-12,15-16H2,1H3/b14-13+. The van der Waals surface area contributed by atoms with E-state index < -0.39 is 12.7 Å². The summed E-state index contributed by atoms with van der Waals surface area (Å²) in [5, 5.41) is 27.6. The van der Waals surface area contributed by atoms with Gasteiger partial charge in [-0.15, -0.1) is 0 Å². The average Bonchev–Trinajstić information content (AvgIpc) is 3.42. The maximum Gasteiger partial charge on any atom is 0.305 e. The lowest BCUT2D eigenvalue weighted by Gasteiger charge is -2.08. The van der Waals surface area contributed by atoms with Crippen molar-refractivity contribution in [2.45, 2.75) is 102 Å². The topological polar surface area (TPSA) is 99.5 Å². The molecule has 27 heavy (non-hydrogen) atoms. The first-order valence-corrected chi connectivity index (χ1v) is 10.5. The van der Waals surface area contributed by atoms with Gasteiger partial charge >= 0.3 is 5.97 Å². The van der Waals surface area contributed by atoms with Crippen LogP contribution in [0.25, 0.3) is 0 Å². The maximum atomic E-state index is 11.4. The highest BCUT2D eigenvalue weighted by molar-refractivity contribution is 5.69. The maximum absolute atomic E-state index is 11.4. The molecule has 1 aliphatic heterocycles. The van der Waals surface area contributed by atoms with Gasteiger partial charge in [-0.1, -0.05) is 64.0 Å². The van der Waals surface area contributed by atoms with Gasteiger partial charge in [-0.25, -0.2) is 0 Å². The van der Waals surface area contributed by atoms with Gasteiger partial charge in [-0.2, -0.15) is 0 Å². The molecule has 1 saturated heterocycles. The van der Waals surface area contributed by atoms with E-state index in [9.17, 15) is 9.90 Å². The second kappa shape index (κ2) is 15.0. The van der Waals surface area contributed by atoms with Crippen LogP contribution in [0.15, 0.2) is 12.2 Å². The number of unbranched alkanes of at least 4 members (excludes halogenated alkanes) is 6. The Kier molecular flexibility index (Phi) is 13.4. The van der Waals surface area contributed by atoms with Crippen LogP contribution in [0.3, 0.4) is 0 Å². The molecule has 158 valence electrons. The van der Waals surface area contributed by atoms with Crippen LogP contribution >= 0.6 is 0 Å². The van der Waals surface area contributed by atoms with Gasteiger partial charge in [0.15, 0.2) is 0 Å². The molecule has 0 saturated carbocycles. The van der Waals surface area contributed by atoms with Gasteiger partial charge in [0.1, 0.15) is 18.8 Å². The van der Waals surface area contributed by atoms with Crippen molar-refractivity contribution in [1.29, 1.82) is 0 Å². The van der Waals surface area contributed by atoms with Gasteiger partial charge in [0.25, 0.3) is 0 Å². The second-order valence-electron chi connectivity index (χ2n) is 7.41. The predicted octanol–water partition coefficient (Wildman–Crippen LogP) is 2.88. The highest BCUT2D eigenvalue weighted by Crippen LogP contribution is 2.29. The quantitative estimate of drug-likeness (QED) is 0.154. The van der Waals surface area contributed by atoms with Crippen LogP contribution < -0.4 is 0 Å². The van der Waals surface area contributed by atoms with E-state index in [1.54, 1.807) is 0 Å². The molecule has 0 aromatic rings. The van der Waals surface area contributed by atoms with Crippen molar-refractivity contribution in [3.63, 3.8) is 0 Å². The first-order valence-electron chi connectivity index (χ1n) is 10.5. The highest BCUT2D eigenvalue weighted by Gasteiger charge is 2.35. The van der Waals surface area contributed by atoms with Gasteiger partial charge in [0.05, 0.1) is 18.8 Å². The molecule has 1 fully saturated rings. The Hall–Kier alpha value is -0.950.